The van der Waals surface area contributed by atoms with Gasteiger partial charge in [0.15, 0.2) is 5.78 Å². The van der Waals surface area contributed by atoms with Crippen LogP contribution in [0.5, 0.6) is 0 Å². The van der Waals surface area contributed by atoms with Gasteiger partial charge in [0.25, 0.3) is 5.56 Å². The number of aryl methyl sites for hydroxylation is 4. The molecule has 1 aromatic heterocycles. The van der Waals surface area contributed by atoms with Gasteiger partial charge in [0.05, 0.1) is 23.7 Å². The fourth-order valence-electron chi connectivity index (χ4n) is 3.92. The number of carbonyl (C=O) groups excluding carboxylic acids is 2. The molecule has 0 radical (unpaired) electrons. The van der Waals surface area contributed by atoms with E-state index in [0.717, 1.165) is 27.8 Å². The maximum absolute atomic E-state index is 12.6. The number of aromatic nitrogens is 2. The molecule has 2 aromatic carbocycles. The van der Waals surface area contributed by atoms with Crippen molar-refractivity contribution in [2.24, 2.45) is 0 Å². The Hall–Kier alpha value is -3.28. The number of esters is 1. The van der Waals surface area contributed by atoms with Gasteiger partial charge >= 0.3 is 5.97 Å². The zero-order chi connectivity index (χ0) is 22.0. The summed E-state index contributed by atoms with van der Waals surface area (Å²) in [4.78, 5) is 41.2. The number of fused-ring (bicyclic) bond motifs is 1. The first-order valence-corrected chi connectivity index (χ1v) is 9.91. The highest BCUT2D eigenvalue weighted by Gasteiger charge is 2.16. The second-order valence-corrected chi connectivity index (χ2v) is 7.67. The number of carbonyl (C=O) groups is 2. The largest absolute Gasteiger partial charge is 0.461 e. The van der Waals surface area contributed by atoms with Gasteiger partial charge in [-0.15, -0.1) is 0 Å². The van der Waals surface area contributed by atoms with Crippen molar-refractivity contribution in [3.8, 4) is 0 Å². The number of hydrogen-bond acceptors (Lipinski definition) is 5. The van der Waals surface area contributed by atoms with Crippen LogP contribution in [0.3, 0.4) is 0 Å². The lowest BCUT2D eigenvalue weighted by Gasteiger charge is -2.16. The Morgan fingerprint density at radius 2 is 1.80 bits per heavy atom. The predicted molar refractivity (Wildman–Crippen MR) is 116 cm³/mol. The van der Waals surface area contributed by atoms with Crippen LogP contribution in [0.15, 0.2) is 35.4 Å². The predicted octanol–water partition coefficient (Wildman–Crippen LogP) is 3.97. The minimum absolute atomic E-state index is 0.00371. The Balaban J connectivity index is 1.70. The van der Waals surface area contributed by atoms with Crippen LogP contribution in [-0.4, -0.2) is 21.3 Å². The third-order valence-electron chi connectivity index (χ3n) is 5.47. The fraction of sp³-hybridized carbons (Fsp3) is 0.333. The van der Waals surface area contributed by atoms with Crippen LogP contribution >= 0.6 is 0 Å². The van der Waals surface area contributed by atoms with Crippen LogP contribution in [0.2, 0.25) is 0 Å². The summed E-state index contributed by atoms with van der Waals surface area (Å²) in [5, 5.41) is 0.536. The summed E-state index contributed by atoms with van der Waals surface area (Å²) in [7, 11) is 0. The van der Waals surface area contributed by atoms with Crippen molar-refractivity contribution in [2.45, 2.75) is 54.2 Å². The first kappa shape index (κ1) is 21.4. The molecule has 0 saturated carbocycles. The number of Topliss-reactive ketones (excluding diaryl/α,β-unsaturated/α-hetero) is 1. The molecule has 6 nitrogen and oxygen atoms in total. The highest BCUT2D eigenvalue weighted by atomic mass is 16.5. The van der Waals surface area contributed by atoms with Gasteiger partial charge in [-0.1, -0.05) is 18.2 Å². The first-order chi connectivity index (χ1) is 14.2. The molecule has 30 heavy (non-hydrogen) atoms. The van der Waals surface area contributed by atoms with Crippen LogP contribution in [0.4, 0.5) is 0 Å². The van der Waals surface area contributed by atoms with Gasteiger partial charge in [-0.3, -0.25) is 19.0 Å². The summed E-state index contributed by atoms with van der Waals surface area (Å²) in [6.07, 6.45) is 1.53. The zero-order valence-electron chi connectivity index (χ0n) is 18.0. The number of para-hydroxylation sites is 1. The summed E-state index contributed by atoms with van der Waals surface area (Å²) >= 11 is 0. The summed E-state index contributed by atoms with van der Waals surface area (Å²) in [5.41, 5.74) is 5.71. The Bertz CT molecular complexity index is 1210. The molecule has 0 N–H and O–H groups in total. The number of rotatable bonds is 6. The van der Waals surface area contributed by atoms with Crippen LogP contribution < -0.4 is 5.56 Å². The molecule has 0 atom stereocenters. The lowest BCUT2D eigenvalue weighted by Crippen LogP contribution is -2.22. The average molecular weight is 406 g/mol. The van der Waals surface area contributed by atoms with E-state index in [2.05, 4.69) is 4.98 Å². The number of nitrogens with zero attached hydrogens (tertiary/aromatic N) is 2. The molecule has 0 aliphatic carbocycles. The van der Waals surface area contributed by atoms with E-state index in [0.29, 0.717) is 16.5 Å². The summed E-state index contributed by atoms with van der Waals surface area (Å²) in [5.74, 6) is -0.411. The molecule has 0 bridgehead atoms. The first-order valence-electron chi connectivity index (χ1n) is 9.91. The standard InChI is InChI=1S/C24H26N2O4/c1-14-7-6-8-19-23(14)25-13-26(24(19)29)10-9-21(28)30-12-20-15(2)11-16(3)22(17(20)4)18(5)27/h6-8,11,13H,9-10,12H2,1-5H3. The molecule has 6 heteroatoms. The maximum atomic E-state index is 12.6. The van der Waals surface area contributed by atoms with E-state index < -0.39 is 5.97 Å². The van der Waals surface area contributed by atoms with Crippen molar-refractivity contribution in [1.82, 2.24) is 9.55 Å². The second-order valence-electron chi connectivity index (χ2n) is 7.67. The molecular weight excluding hydrogens is 380 g/mol. The molecule has 3 aromatic rings. The lowest BCUT2D eigenvalue weighted by atomic mass is 9.92. The monoisotopic (exact) mass is 406 g/mol. The van der Waals surface area contributed by atoms with E-state index in [-0.39, 0.29) is 30.9 Å². The SMILES string of the molecule is CC(=O)c1c(C)cc(C)c(COC(=O)CCn2cnc3c(C)cccc3c2=O)c1C. The molecule has 0 aliphatic rings. The topological polar surface area (TPSA) is 78.3 Å². The van der Waals surface area contributed by atoms with Gasteiger partial charge in [0.1, 0.15) is 6.61 Å². The molecular formula is C24H26N2O4. The van der Waals surface area contributed by atoms with E-state index in [9.17, 15) is 14.4 Å². The minimum Gasteiger partial charge on any atom is -0.461 e. The van der Waals surface area contributed by atoms with E-state index in [1.54, 1.807) is 6.07 Å². The van der Waals surface area contributed by atoms with E-state index in [1.165, 1.54) is 17.8 Å². The van der Waals surface area contributed by atoms with Crippen LogP contribution in [0.25, 0.3) is 10.9 Å². The highest BCUT2D eigenvalue weighted by molar-refractivity contribution is 5.97. The number of ketones is 1. The molecule has 0 fully saturated rings. The van der Waals surface area contributed by atoms with E-state index in [1.807, 2.05) is 45.9 Å². The molecule has 0 unspecified atom stereocenters. The number of hydrogen-bond donors (Lipinski definition) is 0. The minimum atomic E-state index is -0.407. The van der Waals surface area contributed by atoms with Crippen LogP contribution in [0.1, 0.15) is 51.5 Å². The molecule has 0 saturated heterocycles. The maximum Gasteiger partial charge on any atom is 0.307 e. The molecule has 0 spiro atoms. The third-order valence-corrected chi connectivity index (χ3v) is 5.47. The Morgan fingerprint density at radius 3 is 2.50 bits per heavy atom. The second kappa shape index (κ2) is 8.61. The van der Waals surface area contributed by atoms with Crippen molar-refractivity contribution in [1.29, 1.82) is 0 Å². The van der Waals surface area contributed by atoms with Gasteiger partial charge in [-0.05, 0) is 68.5 Å². The molecule has 0 aliphatic heterocycles. The van der Waals surface area contributed by atoms with Crippen LogP contribution in [0, 0.1) is 27.7 Å². The van der Waals surface area contributed by atoms with Crippen molar-refractivity contribution >= 4 is 22.7 Å². The van der Waals surface area contributed by atoms with Crippen molar-refractivity contribution in [3.05, 3.63) is 74.3 Å². The van der Waals surface area contributed by atoms with Gasteiger partial charge in [-0.2, -0.15) is 0 Å². The average Bonchev–Trinajstić information content (AvgIpc) is 2.67. The smallest absolute Gasteiger partial charge is 0.307 e. The van der Waals surface area contributed by atoms with Crippen molar-refractivity contribution in [3.63, 3.8) is 0 Å². The molecule has 156 valence electrons. The summed E-state index contributed by atoms with van der Waals surface area (Å²) in [6.45, 7) is 9.46. The molecule has 0 amide bonds. The number of ether oxygens (including phenoxy) is 1. The molecule has 1 heterocycles. The van der Waals surface area contributed by atoms with Crippen molar-refractivity contribution in [2.75, 3.05) is 0 Å². The number of benzene rings is 2. The fourth-order valence-corrected chi connectivity index (χ4v) is 3.92. The van der Waals surface area contributed by atoms with Crippen molar-refractivity contribution < 1.29 is 14.3 Å². The van der Waals surface area contributed by atoms with E-state index >= 15 is 0 Å². The third kappa shape index (κ3) is 4.17. The van der Waals surface area contributed by atoms with Gasteiger partial charge < -0.3 is 4.74 Å². The highest BCUT2D eigenvalue weighted by Crippen LogP contribution is 2.23. The Morgan fingerprint density at radius 1 is 1.07 bits per heavy atom. The van der Waals surface area contributed by atoms with Gasteiger partial charge in [0, 0.05) is 12.1 Å². The lowest BCUT2D eigenvalue weighted by molar-refractivity contribution is -0.145. The summed E-state index contributed by atoms with van der Waals surface area (Å²) < 4.78 is 6.88. The van der Waals surface area contributed by atoms with Crippen LogP contribution in [-0.2, 0) is 22.7 Å². The quantitative estimate of drug-likeness (QED) is 0.457. The Labute approximate surface area is 175 Å². The summed E-state index contributed by atoms with van der Waals surface area (Å²) in [6, 6.07) is 7.40. The Kier molecular flexibility index (Phi) is 6.15. The zero-order valence-corrected chi connectivity index (χ0v) is 18.0. The molecule has 3 rings (SSSR count). The van der Waals surface area contributed by atoms with Gasteiger partial charge in [-0.25, -0.2) is 4.98 Å². The normalized spacial score (nSPS) is 11.0. The van der Waals surface area contributed by atoms with Gasteiger partial charge in [0.2, 0.25) is 0 Å². The van der Waals surface area contributed by atoms with E-state index in [4.69, 9.17) is 4.74 Å².